The molecule has 0 aliphatic rings. The standard InChI is InChI=1S/C8H8ClNO/c1-2-6-3-7(5-11)10-4-8(6)9/h3-5H,2H2,1H3. The lowest BCUT2D eigenvalue weighted by molar-refractivity contribution is 0.111. The van der Waals surface area contributed by atoms with Crippen molar-refractivity contribution in [3.8, 4) is 0 Å². The largest absolute Gasteiger partial charge is 0.296 e. The Bertz CT molecular complexity index is 273. The van der Waals surface area contributed by atoms with Gasteiger partial charge in [-0.2, -0.15) is 0 Å². The van der Waals surface area contributed by atoms with Crippen LogP contribution in [0.25, 0.3) is 0 Å². The van der Waals surface area contributed by atoms with Crippen molar-refractivity contribution >= 4 is 17.9 Å². The highest BCUT2D eigenvalue weighted by Gasteiger charge is 1.99. The van der Waals surface area contributed by atoms with Crippen molar-refractivity contribution < 1.29 is 4.79 Å². The Morgan fingerprint density at radius 2 is 2.45 bits per heavy atom. The monoisotopic (exact) mass is 169 g/mol. The third-order valence-corrected chi connectivity index (χ3v) is 1.80. The first-order valence-corrected chi connectivity index (χ1v) is 3.75. The summed E-state index contributed by atoms with van der Waals surface area (Å²) in [6, 6.07) is 1.70. The van der Waals surface area contributed by atoms with E-state index in [1.54, 1.807) is 6.07 Å². The molecule has 0 aromatic carbocycles. The average molecular weight is 170 g/mol. The van der Waals surface area contributed by atoms with Gasteiger partial charge in [0.1, 0.15) is 5.69 Å². The van der Waals surface area contributed by atoms with Gasteiger partial charge in [-0.15, -0.1) is 0 Å². The second kappa shape index (κ2) is 3.49. The van der Waals surface area contributed by atoms with E-state index in [9.17, 15) is 4.79 Å². The van der Waals surface area contributed by atoms with Crippen molar-refractivity contribution in [2.24, 2.45) is 0 Å². The summed E-state index contributed by atoms with van der Waals surface area (Å²) in [5.41, 5.74) is 1.40. The highest BCUT2D eigenvalue weighted by molar-refractivity contribution is 6.31. The number of carbonyl (C=O) groups is 1. The lowest BCUT2D eigenvalue weighted by Crippen LogP contribution is -1.90. The summed E-state index contributed by atoms with van der Waals surface area (Å²) in [6.45, 7) is 1.98. The second-order valence-electron chi connectivity index (χ2n) is 2.17. The number of halogens is 1. The van der Waals surface area contributed by atoms with Crippen molar-refractivity contribution in [3.63, 3.8) is 0 Å². The van der Waals surface area contributed by atoms with Gasteiger partial charge < -0.3 is 0 Å². The molecule has 0 amide bonds. The third-order valence-electron chi connectivity index (χ3n) is 1.46. The smallest absolute Gasteiger partial charge is 0.168 e. The van der Waals surface area contributed by atoms with Crippen LogP contribution in [0.5, 0.6) is 0 Å². The Morgan fingerprint density at radius 1 is 1.73 bits per heavy atom. The maximum absolute atomic E-state index is 10.3. The topological polar surface area (TPSA) is 30.0 Å². The van der Waals surface area contributed by atoms with E-state index in [1.165, 1.54) is 6.20 Å². The van der Waals surface area contributed by atoms with Crippen LogP contribution in [0.2, 0.25) is 5.02 Å². The van der Waals surface area contributed by atoms with Gasteiger partial charge >= 0.3 is 0 Å². The number of hydrogen-bond donors (Lipinski definition) is 0. The van der Waals surface area contributed by atoms with Crippen LogP contribution in [0, 0.1) is 0 Å². The first-order valence-electron chi connectivity index (χ1n) is 3.37. The van der Waals surface area contributed by atoms with Crippen LogP contribution in [0.4, 0.5) is 0 Å². The van der Waals surface area contributed by atoms with Gasteiger partial charge in [0.25, 0.3) is 0 Å². The summed E-state index contributed by atoms with van der Waals surface area (Å²) in [4.78, 5) is 14.1. The Hall–Kier alpha value is -0.890. The number of aldehydes is 1. The van der Waals surface area contributed by atoms with Gasteiger partial charge in [0.2, 0.25) is 0 Å². The van der Waals surface area contributed by atoms with E-state index in [-0.39, 0.29) is 0 Å². The van der Waals surface area contributed by atoms with Crippen molar-refractivity contribution in [3.05, 3.63) is 28.5 Å². The molecule has 0 aliphatic carbocycles. The number of rotatable bonds is 2. The molecule has 0 saturated heterocycles. The fourth-order valence-electron chi connectivity index (χ4n) is 0.834. The van der Waals surface area contributed by atoms with Crippen LogP contribution in [0.1, 0.15) is 23.0 Å². The molecule has 1 aromatic heterocycles. The van der Waals surface area contributed by atoms with Crippen LogP contribution in [0.3, 0.4) is 0 Å². The lowest BCUT2D eigenvalue weighted by Gasteiger charge is -1.98. The van der Waals surface area contributed by atoms with Crippen LogP contribution < -0.4 is 0 Å². The van der Waals surface area contributed by atoms with Gasteiger partial charge in [-0.3, -0.25) is 9.78 Å². The molecule has 0 N–H and O–H groups in total. The van der Waals surface area contributed by atoms with Gasteiger partial charge in [-0.25, -0.2) is 0 Å². The zero-order chi connectivity index (χ0) is 8.27. The number of pyridine rings is 1. The molecule has 58 valence electrons. The zero-order valence-electron chi connectivity index (χ0n) is 6.17. The Morgan fingerprint density at radius 3 is 3.00 bits per heavy atom. The van der Waals surface area contributed by atoms with E-state index in [1.807, 2.05) is 6.92 Å². The quantitative estimate of drug-likeness (QED) is 0.635. The van der Waals surface area contributed by atoms with E-state index in [0.29, 0.717) is 10.7 Å². The molecule has 0 unspecified atom stereocenters. The SMILES string of the molecule is CCc1cc(C=O)ncc1Cl. The Labute approximate surface area is 70.2 Å². The maximum atomic E-state index is 10.3. The highest BCUT2D eigenvalue weighted by Crippen LogP contribution is 2.14. The Kier molecular flexibility index (Phi) is 2.60. The van der Waals surface area contributed by atoms with Crippen molar-refractivity contribution in [1.82, 2.24) is 4.98 Å². The molecular weight excluding hydrogens is 162 g/mol. The number of aryl methyl sites for hydroxylation is 1. The molecule has 0 spiro atoms. The van der Waals surface area contributed by atoms with E-state index in [2.05, 4.69) is 4.98 Å². The van der Waals surface area contributed by atoms with Crippen molar-refractivity contribution in [2.75, 3.05) is 0 Å². The summed E-state index contributed by atoms with van der Waals surface area (Å²) >= 11 is 5.77. The summed E-state index contributed by atoms with van der Waals surface area (Å²) < 4.78 is 0. The van der Waals surface area contributed by atoms with E-state index < -0.39 is 0 Å². The average Bonchev–Trinajstić information content (AvgIpc) is 2.05. The fraction of sp³-hybridized carbons (Fsp3) is 0.250. The molecule has 0 saturated carbocycles. The van der Waals surface area contributed by atoms with Gasteiger partial charge in [-0.1, -0.05) is 18.5 Å². The molecule has 1 aromatic rings. The molecule has 0 aliphatic heterocycles. The summed E-state index contributed by atoms with van der Waals surface area (Å²) in [5.74, 6) is 0. The van der Waals surface area contributed by atoms with E-state index in [4.69, 9.17) is 11.6 Å². The predicted octanol–water partition coefficient (Wildman–Crippen LogP) is 2.11. The third kappa shape index (κ3) is 1.77. The normalized spacial score (nSPS) is 9.64. The molecule has 0 atom stereocenters. The molecule has 0 bridgehead atoms. The van der Waals surface area contributed by atoms with Crippen molar-refractivity contribution in [1.29, 1.82) is 0 Å². The number of nitrogens with zero attached hydrogens (tertiary/aromatic N) is 1. The maximum Gasteiger partial charge on any atom is 0.168 e. The molecule has 11 heavy (non-hydrogen) atoms. The fourth-order valence-corrected chi connectivity index (χ4v) is 1.07. The first kappa shape index (κ1) is 8.21. The Balaban J connectivity index is 3.12. The minimum Gasteiger partial charge on any atom is -0.296 e. The minimum atomic E-state index is 0.436. The van der Waals surface area contributed by atoms with Crippen molar-refractivity contribution in [2.45, 2.75) is 13.3 Å². The van der Waals surface area contributed by atoms with Crippen LogP contribution in [-0.4, -0.2) is 11.3 Å². The minimum absolute atomic E-state index is 0.436. The first-order chi connectivity index (χ1) is 5.27. The summed E-state index contributed by atoms with van der Waals surface area (Å²) in [5, 5.41) is 0.623. The number of carbonyl (C=O) groups excluding carboxylic acids is 1. The number of hydrogen-bond acceptors (Lipinski definition) is 2. The number of aromatic nitrogens is 1. The molecule has 0 radical (unpaired) electrons. The van der Waals surface area contributed by atoms with Gasteiger partial charge in [-0.05, 0) is 18.1 Å². The molecule has 0 fully saturated rings. The molecule has 3 heteroatoms. The van der Waals surface area contributed by atoms with Crippen LogP contribution in [0.15, 0.2) is 12.3 Å². The predicted molar refractivity (Wildman–Crippen MR) is 44.0 cm³/mol. The van der Waals surface area contributed by atoms with E-state index >= 15 is 0 Å². The van der Waals surface area contributed by atoms with Gasteiger partial charge in [0.05, 0.1) is 5.02 Å². The van der Waals surface area contributed by atoms with Gasteiger partial charge in [0.15, 0.2) is 6.29 Å². The molecule has 2 nitrogen and oxygen atoms in total. The lowest BCUT2D eigenvalue weighted by atomic mass is 10.2. The summed E-state index contributed by atoms with van der Waals surface area (Å²) in [7, 11) is 0. The van der Waals surface area contributed by atoms with Crippen LogP contribution in [-0.2, 0) is 6.42 Å². The highest BCUT2D eigenvalue weighted by atomic mass is 35.5. The summed E-state index contributed by atoms with van der Waals surface area (Å²) in [6.07, 6.45) is 3.04. The molecule has 1 heterocycles. The second-order valence-corrected chi connectivity index (χ2v) is 2.58. The zero-order valence-corrected chi connectivity index (χ0v) is 6.93. The van der Waals surface area contributed by atoms with E-state index in [0.717, 1.165) is 18.3 Å². The molecular formula is C8H8ClNO. The molecule has 1 rings (SSSR count). The van der Waals surface area contributed by atoms with Gasteiger partial charge in [0, 0.05) is 6.20 Å². The van der Waals surface area contributed by atoms with Crippen LogP contribution >= 0.6 is 11.6 Å².